The molecule has 19 heavy (non-hydrogen) atoms. The van der Waals surface area contributed by atoms with Crippen molar-refractivity contribution in [3.63, 3.8) is 0 Å². The molecule has 0 saturated heterocycles. The summed E-state index contributed by atoms with van der Waals surface area (Å²) in [7, 11) is 0. The molecule has 0 fully saturated rings. The average Bonchev–Trinajstić information content (AvgIpc) is 2.87. The average molecular weight is 257 g/mol. The smallest absolute Gasteiger partial charge is 0.341 e. The van der Waals surface area contributed by atoms with E-state index < -0.39 is 5.63 Å². The lowest BCUT2D eigenvalue weighted by Gasteiger charge is -2.04. The second-order valence-electron chi connectivity index (χ2n) is 4.14. The second kappa shape index (κ2) is 4.66. The summed E-state index contributed by atoms with van der Waals surface area (Å²) in [6.45, 7) is 0.0506. The summed E-state index contributed by atoms with van der Waals surface area (Å²) in [5.74, 6) is 0. The van der Waals surface area contributed by atoms with E-state index in [-0.39, 0.29) is 13.2 Å². The van der Waals surface area contributed by atoms with Gasteiger partial charge in [-0.3, -0.25) is 0 Å². The van der Waals surface area contributed by atoms with Crippen LogP contribution in [0.15, 0.2) is 45.7 Å². The highest BCUT2D eigenvalue weighted by molar-refractivity contribution is 5.76. The Hall–Kier alpha value is -2.47. The topological polar surface area (TPSA) is 81.2 Å². The molecule has 0 saturated carbocycles. The van der Waals surface area contributed by atoms with E-state index in [0.717, 1.165) is 5.39 Å². The van der Waals surface area contributed by atoms with E-state index in [2.05, 4.69) is 10.3 Å². The van der Waals surface area contributed by atoms with E-state index >= 15 is 0 Å². The minimum atomic E-state index is -0.405. The maximum absolute atomic E-state index is 11.9. The van der Waals surface area contributed by atoms with Crippen molar-refractivity contribution in [3.05, 3.63) is 58.2 Å². The highest BCUT2D eigenvalue weighted by Crippen LogP contribution is 2.13. The molecule has 1 N–H and O–H groups in total. The van der Waals surface area contributed by atoms with Crippen molar-refractivity contribution < 1.29 is 9.52 Å². The molecule has 96 valence electrons. The predicted molar refractivity (Wildman–Crippen MR) is 67.5 cm³/mol. The summed E-state index contributed by atoms with van der Waals surface area (Å²) in [5, 5.41) is 17.5. The van der Waals surface area contributed by atoms with Crippen LogP contribution in [0.4, 0.5) is 0 Å². The van der Waals surface area contributed by atoms with E-state index in [9.17, 15) is 4.79 Å². The van der Waals surface area contributed by atoms with Gasteiger partial charge in [-0.05, 0) is 12.1 Å². The summed E-state index contributed by atoms with van der Waals surface area (Å²) in [4.78, 5) is 11.9. The van der Waals surface area contributed by atoms with Gasteiger partial charge in [0.05, 0.1) is 30.6 Å². The quantitative estimate of drug-likeness (QED) is 0.706. The normalized spacial score (nSPS) is 11.0. The molecule has 3 aromatic rings. The van der Waals surface area contributed by atoms with Crippen LogP contribution in [0.2, 0.25) is 0 Å². The van der Waals surface area contributed by atoms with E-state index in [1.807, 2.05) is 18.2 Å². The van der Waals surface area contributed by atoms with Crippen LogP contribution < -0.4 is 5.63 Å². The Bertz CT molecular complexity index is 776. The molecule has 6 nitrogen and oxygen atoms in total. The fourth-order valence-electron chi connectivity index (χ4n) is 1.91. The van der Waals surface area contributed by atoms with Gasteiger partial charge < -0.3 is 9.52 Å². The summed E-state index contributed by atoms with van der Waals surface area (Å²) in [6.07, 6.45) is 1.46. The van der Waals surface area contributed by atoms with Crippen molar-refractivity contribution in [2.45, 2.75) is 13.2 Å². The van der Waals surface area contributed by atoms with Gasteiger partial charge in [0, 0.05) is 5.39 Å². The van der Waals surface area contributed by atoms with Crippen LogP contribution in [0.25, 0.3) is 11.0 Å². The fourth-order valence-corrected chi connectivity index (χ4v) is 1.91. The molecule has 0 aliphatic rings. The lowest BCUT2D eigenvalue weighted by molar-refractivity contribution is 0.269. The van der Waals surface area contributed by atoms with Gasteiger partial charge in [0.2, 0.25) is 0 Å². The van der Waals surface area contributed by atoms with Gasteiger partial charge in [-0.2, -0.15) is 0 Å². The van der Waals surface area contributed by atoms with Gasteiger partial charge in [-0.15, -0.1) is 5.10 Å². The van der Waals surface area contributed by atoms with Crippen LogP contribution >= 0.6 is 0 Å². The van der Waals surface area contributed by atoms with Crippen molar-refractivity contribution in [1.82, 2.24) is 15.0 Å². The minimum absolute atomic E-state index is 0.175. The van der Waals surface area contributed by atoms with Crippen LogP contribution in [0.1, 0.15) is 11.3 Å². The van der Waals surface area contributed by atoms with E-state index in [0.29, 0.717) is 16.8 Å². The number of aliphatic hydroxyl groups excluding tert-OH is 1. The fraction of sp³-hybridized carbons (Fsp3) is 0.154. The molecule has 0 radical (unpaired) electrons. The van der Waals surface area contributed by atoms with Crippen molar-refractivity contribution >= 4 is 11.0 Å². The number of hydrogen-bond acceptors (Lipinski definition) is 5. The second-order valence-corrected chi connectivity index (χ2v) is 4.14. The van der Waals surface area contributed by atoms with E-state index in [1.165, 1.54) is 10.9 Å². The third-order valence-electron chi connectivity index (χ3n) is 2.89. The van der Waals surface area contributed by atoms with Gasteiger partial charge in [0.25, 0.3) is 0 Å². The van der Waals surface area contributed by atoms with Crippen molar-refractivity contribution in [2.24, 2.45) is 0 Å². The first-order valence-electron chi connectivity index (χ1n) is 5.78. The molecule has 1 aromatic carbocycles. The maximum atomic E-state index is 11.9. The zero-order valence-corrected chi connectivity index (χ0v) is 9.98. The molecule has 0 amide bonds. The largest absolute Gasteiger partial charge is 0.422 e. The number of nitrogens with zero attached hydrogens (tertiary/aromatic N) is 3. The Labute approximate surface area is 107 Å². The van der Waals surface area contributed by atoms with Crippen LogP contribution in [0.5, 0.6) is 0 Å². The summed E-state index contributed by atoms with van der Waals surface area (Å²) in [6, 6.07) is 9.07. The highest BCUT2D eigenvalue weighted by atomic mass is 16.4. The van der Waals surface area contributed by atoms with Gasteiger partial charge >= 0.3 is 5.63 Å². The molecule has 0 aliphatic carbocycles. The molecule has 0 bridgehead atoms. The number of aromatic nitrogens is 3. The standard InChI is InChI=1S/C13H11N3O3/c17-8-11-6-14-15-16(11)7-10-5-9-3-1-2-4-12(9)19-13(10)18/h1-6,17H,7-8H2. The van der Waals surface area contributed by atoms with Gasteiger partial charge in [0.15, 0.2) is 0 Å². The zero-order chi connectivity index (χ0) is 13.2. The van der Waals surface area contributed by atoms with E-state index in [4.69, 9.17) is 9.52 Å². The van der Waals surface area contributed by atoms with Crippen LogP contribution in [-0.4, -0.2) is 20.1 Å². The molecule has 0 unspecified atom stereocenters. The van der Waals surface area contributed by atoms with E-state index in [1.54, 1.807) is 12.1 Å². The number of aliphatic hydroxyl groups is 1. The number of fused-ring (bicyclic) bond motifs is 1. The predicted octanol–water partition coefficient (Wildman–Crippen LogP) is 0.925. The maximum Gasteiger partial charge on any atom is 0.341 e. The lowest BCUT2D eigenvalue weighted by Crippen LogP contribution is -2.14. The molecule has 0 aliphatic heterocycles. The highest BCUT2D eigenvalue weighted by Gasteiger charge is 2.09. The zero-order valence-electron chi connectivity index (χ0n) is 9.98. The number of hydrogen-bond donors (Lipinski definition) is 1. The Balaban J connectivity index is 2.05. The van der Waals surface area contributed by atoms with Crippen molar-refractivity contribution in [3.8, 4) is 0 Å². The lowest BCUT2D eigenvalue weighted by atomic mass is 10.2. The SMILES string of the molecule is O=c1oc2ccccc2cc1Cn1nncc1CO. The third-order valence-corrected chi connectivity index (χ3v) is 2.89. The minimum Gasteiger partial charge on any atom is -0.422 e. The van der Waals surface area contributed by atoms with Crippen LogP contribution in [0.3, 0.4) is 0 Å². The monoisotopic (exact) mass is 257 g/mol. The summed E-state index contributed by atoms with van der Waals surface area (Å²) in [5.41, 5.74) is 1.17. The first-order valence-corrected chi connectivity index (χ1v) is 5.78. The Morgan fingerprint density at radius 3 is 3.00 bits per heavy atom. The first-order chi connectivity index (χ1) is 9.28. The van der Waals surface area contributed by atoms with Crippen LogP contribution in [-0.2, 0) is 13.2 Å². The third kappa shape index (κ3) is 2.13. The number of para-hydroxylation sites is 1. The molecule has 3 rings (SSSR count). The van der Waals surface area contributed by atoms with Crippen molar-refractivity contribution in [2.75, 3.05) is 0 Å². The Kier molecular flexibility index (Phi) is 2.85. The molecule has 6 heteroatoms. The molecule has 2 aromatic heterocycles. The Morgan fingerprint density at radius 2 is 2.16 bits per heavy atom. The summed E-state index contributed by atoms with van der Waals surface area (Å²) < 4.78 is 6.71. The first kappa shape index (κ1) is 11.6. The van der Waals surface area contributed by atoms with Crippen LogP contribution in [0, 0.1) is 0 Å². The molecule has 0 spiro atoms. The Morgan fingerprint density at radius 1 is 1.32 bits per heavy atom. The molecular formula is C13H11N3O3. The van der Waals surface area contributed by atoms with Gasteiger partial charge in [-0.25, -0.2) is 9.48 Å². The molecule has 2 heterocycles. The number of benzene rings is 1. The van der Waals surface area contributed by atoms with Gasteiger partial charge in [-0.1, -0.05) is 23.4 Å². The van der Waals surface area contributed by atoms with Crippen molar-refractivity contribution in [1.29, 1.82) is 0 Å². The van der Waals surface area contributed by atoms with Gasteiger partial charge in [0.1, 0.15) is 5.58 Å². The molecule has 0 atom stereocenters. The number of rotatable bonds is 3. The molecular weight excluding hydrogens is 246 g/mol. The summed E-state index contributed by atoms with van der Waals surface area (Å²) >= 11 is 0.